The van der Waals surface area contributed by atoms with Gasteiger partial charge in [-0.15, -0.1) is 11.3 Å². The highest BCUT2D eigenvalue weighted by Crippen LogP contribution is 2.21. The second kappa shape index (κ2) is 8.78. The molecule has 1 aromatic carbocycles. The summed E-state index contributed by atoms with van der Waals surface area (Å²) < 4.78 is 6.69. The number of rotatable bonds is 7. The van der Waals surface area contributed by atoms with Crippen LogP contribution in [0.15, 0.2) is 58.7 Å². The van der Waals surface area contributed by atoms with Crippen LogP contribution in [0.1, 0.15) is 5.56 Å². The number of nitrogens with zero attached hydrogens (tertiary/aromatic N) is 3. The maximum absolute atomic E-state index is 11.9. The molecule has 0 aliphatic rings. The monoisotopic (exact) mass is 380 g/mol. The summed E-state index contributed by atoms with van der Waals surface area (Å²) in [6.07, 6.45) is 0. The van der Waals surface area contributed by atoms with Crippen LogP contribution in [0.4, 0.5) is 0 Å². The molecule has 0 fully saturated rings. The van der Waals surface area contributed by atoms with E-state index in [1.165, 1.54) is 22.1 Å². The molecule has 2 heterocycles. The van der Waals surface area contributed by atoms with Crippen LogP contribution in [0, 0.1) is 11.3 Å². The molecule has 1 N–H and O–H groups in total. The normalized spacial score (nSPS) is 10.2. The molecule has 3 aromatic rings. The zero-order valence-electron chi connectivity index (χ0n) is 14.3. The predicted molar refractivity (Wildman–Crippen MR) is 101 cm³/mol. The number of amides is 1. The maximum atomic E-state index is 11.9. The van der Waals surface area contributed by atoms with Gasteiger partial charge in [-0.25, -0.2) is 4.68 Å². The van der Waals surface area contributed by atoms with E-state index in [1.807, 2.05) is 23.6 Å². The standard InChI is InChI=1S/C19H16N4O3S/c20-12-14-4-1-2-5-16(14)26-13-18(24)21-9-10-23-19(25)8-7-15(22-23)17-6-3-11-27-17/h1-8,11H,9-10,13H2,(H,21,24). The molecular formula is C19H16N4O3S. The number of para-hydroxylation sites is 1. The van der Waals surface area contributed by atoms with Gasteiger partial charge in [-0.2, -0.15) is 10.4 Å². The fourth-order valence-electron chi connectivity index (χ4n) is 2.35. The number of hydrogen-bond donors (Lipinski definition) is 1. The van der Waals surface area contributed by atoms with Crippen molar-refractivity contribution in [3.05, 3.63) is 69.8 Å². The third kappa shape index (κ3) is 4.80. The Morgan fingerprint density at radius 3 is 2.85 bits per heavy atom. The molecule has 0 atom stereocenters. The maximum Gasteiger partial charge on any atom is 0.266 e. The molecule has 0 saturated carbocycles. The largest absolute Gasteiger partial charge is 0.482 e. The van der Waals surface area contributed by atoms with Gasteiger partial charge in [0.25, 0.3) is 11.5 Å². The van der Waals surface area contributed by atoms with E-state index in [0.717, 1.165) is 4.88 Å². The second-order valence-corrected chi connectivity index (χ2v) is 6.45. The lowest BCUT2D eigenvalue weighted by molar-refractivity contribution is -0.123. The van der Waals surface area contributed by atoms with Gasteiger partial charge < -0.3 is 10.1 Å². The molecule has 0 unspecified atom stereocenters. The van der Waals surface area contributed by atoms with E-state index < -0.39 is 0 Å². The highest BCUT2D eigenvalue weighted by Gasteiger charge is 2.07. The topological polar surface area (TPSA) is 97.0 Å². The van der Waals surface area contributed by atoms with Crippen molar-refractivity contribution in [1.82, 2.24) is 15.1 Å². The van der Waals surface area contributed by atoms with Crippen LogP contribution in [0.3, 0.4) is 0 Å². The molecule has 0 aliphatic carbocycles. The van der Waals surface area contributed by atoms with Crippen LogP contribution in [-0.2, 0) is 11.3 Å². The average Bonchev–Trinajstić information content (AvgIpc) is 3.23. The molecule has 0 spiro atoms. The van der Waals surface area contributed by atoms with E-state index in [-0.39, 0.29) is 31.2 Å². The van der Waals surface area contributed by atoms with E-state index in [0.29, 0.717) is 17.0 Å². The Labute approximate surface area is 159 Å². The van der Waals surface area contributed by atoms with Crippen LogP contribution in [-0.4, -0.2) is 28.8 Å². The Hall–Kier alpha value is -3.44. The Morgan fingerprint density at radius 2 is 2.07 bits per heavy atom. The molecule has 0 bridgehead atoms. The van der Waals surface area contributed by atoms with E-state index in [9.17, 15) is 9.59 Å². The van der Waals surface area contributed by atoms with Crippen molar-refractivity contribution < 1.29 is 9.53 Å². The molecule has 3 rings (SSSR count). The average molecular weight is 380 g/mol. The molecule has 136 valence electrons. The SMILES string of the molecule is N#Cc1ccccc1OCC(=O)NCCn1nc(-c2cccs2)ccc1=O. The van der Waals surface area contributed by atoms with Crippen LogP contribution < -0.4 is 15.6 Å². The number of hydrogen-bond acceptors (Lipinski definition) is 6. The lowest BCUT2D eigenvalue weighted by Crippen LogP contribution is -2.34. The van der Waals surface area contributed by atoms with Gasteiger partial charge in [-0.05, 0) is 29.6 Å². The summed E-state index contributed by atoms with van der Waals surface area (Å²) in [5, 5.41) is 17.9. The Kier molecular flexibility index (Phi) is 5.97. The minimum atomic E-state index is -0.342. The number of benzene rings is 1. The Bertz CT molecular complexity index is 1020. The fourth-order valence-corrected chi connectivity index (χ4v) is 3.04. The summed E-state index contributed by atoms with van der Waals surface area (Å²) >= 11 is 1.54. The van der Waals surface area contributed by atoms with Crippen LogP contribution in [0.25, 0.3) is 10.6 Å². The summed E-state index contributed by atoms with van der Waals surface area (Å²) in [6, 6.07) is 15.7. The quantitative estimate of drug-likeness (QED) is 0.676. The minimum absolute atomic E-state index is 0.212. The lowest BCUT2D eigenvalue weighted by Gasteiger charge is -2.09. The van der Waals surface area contributed by atoms with Crippen molar-refractivity contribution in [3.8, 4) is 22.4 Å². The first-order valence-electron chi connectivity index (χ1n) is 8.18. The molecular weight excluding hydrogens is 364 g/mol. The van der Waals surface area contributed by atoms with Gasteiger partial charge >= 0.3 is 0 Å². The third-order valence-electron chi connectivity index (χ3n) is 3.65. The molecule has 0 aliphatic heterocycles. The molecule has 0 radical (unpaired) electrons. The zero-order valence-corrected chi connectivity index (χ0v) is 15.1. The number of carbonyl (C=O) groups excluding carboxylic acids is 1. The van der Waals surface area contributed by atoms with Gasteiger partial charge in [0.15, 0.2) is 6.61 Å². The summed E-state index contributed by atoms with van der Waals surface area (Å²) in [6.45, 7) is 0.276. The van der Waals surface area contributed by atoms with Crippen molar-refractivity contribution in [3.63, 3.8) is 0 Å². The number of ether oxygens (including phenoxy) is 1. The van der Waals surface area contributed by atoms with E-state index >= 15 is 0 Å². The van der Waals surface area contributed by atoms with Gasteiger partial charge in [0.2, 0.25) is 0 Å². The molecule has 1 amide bonds. The van der Waals surface area contributed by atoms with E-state index in [4.69, 9.17) is 10.00 Å². The number of aromatic nitrogens is 2. The highest BCUT2D eigenvalue weighted by molar-refractivity contribution is 7.13. The smallest absolute Gasteiger partial charge is 0.266 e. The lowest BCUT2D eigenvalue weighted by atomic mass is 10.2. The minimum Gasteiger partial charge on any atom is -0.482 e. The van der Waals surface area contributed by atoms with E-state index in [2.05, 4.69) is 10.4 Å². The molecule has 2 aromatic heterocycles. The van der Waals surface area contributed by atoms with Gasteiger partial charge in [-0.3, -0.25) is 9.59 Å². The van der Waals surface area contributed by atoms with Gasteiger partial charge in [-0.1, -0.05) is 18.2 Å². The summed E-state index contributed by atoms with van der Waals surface area (Å²) in [5.41, 5.74) is 0.850. The summed E-state index contributed by atoms with van der Waals surface area (Å²) in [5.74, 6) is 0.0156. The van der Waals surface area contributed by atoms with Crippen molar-refractivity contribution in [2.45, 2.75) is 6.54 Å². The molecule has 0 saturated heterocycles. The fraction of sp³-hybridized carbons (Fsp3) is 0.158. The molecule has 7 nitrogen and oxygen atoms in total. The first-order chi connectivity index (χ1) is 13.2. The van der Waals surface area contributed by atoms with Crippen molar-refractivity contribution >= 4 is 17.2 Å². The molecule has 8 heteroatoms. The summed E-state index contributed by atoms with van der Waals surface area (Å²) in [4.78, 5) is 24.8. The van der Waals surface area contributed by atoms with Crippen LogP contribution in [0.5, 0.6) is 5.75 Å². The first kappa shape index (κ1) is 18.4. The molecule has 27 heavy (non-hydrogen) atoms. The Balaban J connectivity index is 1.52. The van der Waals surface area contributed by atoms with Crippen LogP contribution in [0.2, 0.25) is 0 Å². The number of nitrogens with one attached hydrogen (secondary N) is 1. The predicted octanol–water partition coefficient (Wildman–Crippen LogP) is 2.04. The van der Waals surface area contributed by atoms with Crippen molar-refractivity contribution in [1.29, 1.82) is 5.26 Å². The number of nitriles is 1. The van der Waals surface area contributed by atoms with Crippen molar-refractivity contribution in [2.75, 3.05) is 13.2 Å². The van der Waals surface area contributed by atoms with Crippen LogP contribution >= 0.6 is 11.3 Å². The van der Waals surface area contributed by atoms with Crippen molar-refractivity contribution in [2.24, 2.45) is 0 Å². The highest BCUT2D eigenvalue weighted by atomic mass is 32.1. The first-order valence-corrected chi connectivity index (χ1v) is 9.06. The third-order valence-corrected chi connectivity index (χ3v) is 4.54. The van der Waals surface area contributed by atoms with Gasteiger partial charge in [0.05, 0.1) is 17.0 Å². The summed E-state index contributed by atoms with van der Waals surface area (Å²) in [7, 11) is 0. The van der Waals surface area contributed by atoms with E-state index in [1.54, 1.807) is 30.3 Å². The van der Waals surface area contributed by atoms with Gasteiger partial charge in [0, 0.05) is 12.6 Å². The number of carbonyl (C=O) groups is 1. The van der Waals surface area contributed by atoms with Gasteiger partial charge in [0.1, 0.15) is 17.5 Å². The Morgan fingerprint density at radius 1 is 1.22 bits per heavy atom. The number of thiophene rings is 1. The zero-order chi connectivity index (χ0) is 19.1. The second-order valence-electron chi connectivity index (χ2n) is 5.50.